The number of nitrogens with zero attached hydrogens (tertiary/aromatic N) is 3. The fourth-order valence-corrected chi connectivity index (χ4v) is 2.83. The molecule has 1 fully saturated rings. The zero-order valence-electron chi connectivity index (χ0n) is 15.0. The Morgan fingerprint density at radius 2 is 2.17 bits per heavy atom. The number of likely N-dealkylation sites (tertiary alicyclic amines) is 1. The van der Waals surface area contributed by atoms with E-state index in [-0.39, 0.29) is 0 Å². The standard InChI is InChI=1S/C18H31N4O/c1-15(17(3)19)12-16(2)22-8-6-18(13-22)23-11-5-7-21-10-9-20(4)14-21/h9-10,12,14,18H,5-8,11,13,19H2,1-4H3/q+1/b16-12+,17-15+. The van der Waals surface area contributed by atoms with E-state index in [4.69, 9.17) is 10.5 Å². The Bertz CT molecular complexity index is 569. The van der Waals surface area contributed by atoms with Gasteiger partial charge in [-0.1, -0.05) is 0 Å². The van der Waals surface area contributed by atoms with Crippen molar-refractivity contribution in [3.63, 3.8) is 0 Å². The first-order valence-electron chi connectivity index (χ1n) is 8.44. The van der Waals surface area contributed by atoms with Gasteiger partial charge in [0.1, 0.15) is 12.4 Å². The van der Waals surface area contributed by atoms with Gasteiger partial charge in [-0.05, 0) is 38.8 Å². The lowest BCUT2D eigenvalue weighted by Gasteiger charge is -2.19. The molecule has 0 aromatic carbocycles. The number of rotatable bonds is 7. The van der Waals surface area contributed by atoms with Crippen LogP contribution in [0.4, 0.5) is 0 Å². The predicted octanol–water partition coefficient (Wildman–Crippen LogP) is 1.95. The van der Waals surface area contributed by atoms with Crippen LogP contribution in [0.25, 0.3) is 0 Å². The van der Waals surface area contributed by atoms with Crippen molar-refractivity contribution >= 4 is 0 Å². The van der Waals surface area contributed by atoms with Crippen LogP contribution in [0.3, 0.4) is 0 Å². The number of aromatic nitrogens is 2. The molecule has 0 aliphatic carbocycles. The van der Waals surface area contributed by atoms with E-state index < -0.39 is 0 Å². The Kier molecular flexibility index (Phi) is 6.28. The largest absolute Gasteiger partial charge is 0.402 e. The molecule has 2 rings (SSSR count). The number of nitrogens with two attached hydrogens (primary N) is 1. The maximum absolute atomic E-state index is 6.04. The van der Waals surface area contributed by atoms with Gasteiger partial charge in [0.15, 0.2) is 0 Å². The van der Waals surface area contributed by atoms with Crippen molar-refractivity contribution in [2.45, 2.75) is 46.3 Å². The Morgan fingerprint density at radius 3 is 2.83 bits per heavy atom. The number of hydrogen-bond acceptors (Lipinski definition) is 3. The van der Waals surface area contributed by atoms with Gasteiger partial charge in [0, 0.05) is 30.9 Å². The molecule has 1 saturated heterocycles. The third-order valence-corrected chi connectivity index (χ3v) is 4.43. The number of ether oxygens (including phenoxy) is 1. The molecule has 5 heteroatoms. The quantitative estimate of drug-likeness (QED) is 0.475. The summed E-state index contributed by atoms with van der Waals surface area (Å²) in [5.74, 6) is 0. The zero-order valence-corrected chi connectivity index (χ0v) is 15.0. The van der Waals surface area contributed by atoms with Gasteiger partial charge in [-0.15, -0.1) is 0 Å². The van der Waals surface area contributed by atoms with Gasteiger partial charge in [0.05, 0.1) is 26.3 Å². The van der Waals surface area contributed by atoms with E-state index in [2.05, 4.69) is 52.7 Å². The molecule has 1 aromatic rings. The van der Waals surface area contributed by atoms with Crippen LogP contribution in [0.1, 0.15) is 33.6 Å². The topological polar surface area (TPSA) is 47.3 Å². The summed E-state index contributed by atoms with van der Waals surface area (Å²) in [5.41, 5.74) is 9.13. The summed E-state index contributed by atoms with van der Waals surface area (Å²) in [4.78, 5) is 2.39. The predicted molar refractivity (Wildman–Crippen MR) is 92.5 cm³/mol. The average molecular weight is 319 g/mol. The summed E-state index contributed by atoms with van der Waals surface area (Å²) < 4.78 is 10.3. The van der Waals surface area contributed by atoms with Crippen LogP contribution in [0.2, 0.25) is 0 Å². The zero-order chi connectivity index (χ0) is 16.8. The van der Waals surface area contributed by atoms with E-state index in [0.717, 1.165) is 50.4 Å². The Morgan fingerprint density at radius 1 is 1.39 bits per heavy atom. The van der Waals surface area contributed by atoms with E-state index in [1.807, 2.05) is 14.0 Å². The monoisotopic (exact) mass is 319 g/mol. The number of imidazole rings is 1. The number of allylic oxidation sites excluding steroid dienone is 4. The molecule has 0 amide bonds. The lowest BCUT2D eigenvalue weighted by Crippen LogP contribution is -2.24. The van der Waals surface area contributed by atoms with Gasteiger partial charge in [-0.2, -0.15) is 0 Å². The van der Waals surface area contributed by atoms with Crippen LogP contribution in [-0.4, -0.2) is 35.3 Å². The highest BCUT2D eigenvalue weighted by molar-refractivity contribution is 5.24. The van der Waals surface area contributed by atoms with Crippen LogP contribution >= 0.6 is 0 Å². The summed E-state index contributed by atoms with van der Waals surface area (Å²) in [6, 6.07) is 0. The molecule has 1 atom stereocenters. The first-order valence-corrected chi connectivity index (χ1v) is 8.44. The fraction of sp³-hybridized carbons (Fsp3) is 0.611. The highest BCUT2D eigenvalue weighted by atomic mass is 16.5. The summed E-state index contributed by atoms with van der Waals surface area (Å²) >= 11 is 0. The van der Waals surface area contributed by atoms with Crippen molar-refractivity contribution in [2.75, 3.05) is 19.7 Å². The van der Waals surface area contributed by atoms with Gasteiger partial charge >= 0.3 is 0 Å². The first-order chi connectivity index (χ1) is 11.0. The van der Waals surface area contributed by atoms with Crippen molar-refractivity contribution in [2.24, 2.45) is 12.8 Å². The van der Waals surface area contributed by atoms with E-state index in [1.54, 1.807) is 0 Å². The molecular formula is C18H31N4O+. The van der Waals surface area contributed by atoms with Crippen molar-refractivity contribution in [1.82, 2.24) is 9.47 Å². The molecule has 1 aliphatic rings. The highest BCUT2D eigenvalue weighted by Gasteiger charge is 2.23. The van der Waals surface area contributed by atoms with Crippen molar-refractivity contribution in [3.05, 3.63) is 41.8 Å². The molecule has 1 aromatic heterocycles. The van der Waals surface area contributed by atoms with Crippen molar-refractivity contribution in [3.8, 4) is 0 Å². The number of hydrogen-bond donors (Lipinski definition) is 1. The third-order valence-electron chi connectivity index (χ3n) is 4.43. The minimum absolute atomic E-state index is 0.349. The van der Waals surface area contributed by atoms with Crippen LogP contribution in [0, 0.1) is 0 Å². The average Bonchev–Trinajstić information content (AvgIpc) is 3.12. The first kappa shape index (κ1) is 17.6. The molecule has 5 nitrogen and oxygen atoms in total. The SMILES string of the molecule is C/C(=C\C(C)=C(/C)N)N1CCC(OCCCn2cc[n+](C)c2)C1. The molecule has 1 unspecified atom stereocenters. The molecule has 0 saturated carbocycles. The molecule has 0 spiro atoms. The minimum Gasteiger partial charge on any atom is -0.402 e. The Balaban J connectivity index is 1.70. The summed E-state index contributed by atoms with van der Waals surface area (Å²) in [7, 11) is 2.04. The van der Waals surface area contributed by atoms with E-state index in [1.165, 1.54) is 5.70 Å². The smallest absolute Gasteiger partial charge is 0.243 e. The maximum atomic E-state index is 6.04. The summed E-state index contributed by atoms with van der Waals surface area (Å²) in [6.45, 7) is 10.0. The van der Waals surface area contributed by atoms with E-state index in [0.29, 0.717) is 6.10 Å². The molecular weight excluding hydrogens is 288 g/mol. The lowest BCUT2D eigenvalue weighted by atomic mass is 10.2. The molecule has 2 N–H and O–H groups in total. The van der Waals surface area contributed by atoms with Gasteiger partial charge in [-0.3, -0.25) is 0 Å². The van der Waals surface area contributed by atoms with Gasteiger partial charge in [-0.25, -0.2) is 9.13 Å². The van der Waals surface area contributed by atoms with Gasteiger partial charge < -0.3 is 15.4 Å². The van der Waals surface area contributed by atoms with Crippen molar-refractivity contribution < 1.29 is 9.30 Å². The molecule has 23 heavy (non-hydrogen) atoms. The second-order valence-corrected chi connectivity index (χ2v) is 6.55. The van der Waals surface area contributed by atoms with Crippen LogP contribution < -0.4 is 10.3 Å². The van der Waals surface area contributed by atoms with E-state index >= 15 is 0 Å². The minimum atomic E-state index is 0.349. The fourth-order valence-electron chi connectivity index (χ4n) is 2.83. The summed E-state index contributed by atoms with van der Waals surface area (Å²) in [6.07, 6.45) is 10.9. The van der Waals surface area contributed by atoms with Gasteiger partial charge in [0.25, 0.3) is 0 Å². The van der Waals surface area contributed by atoms with E-state index in [9.17, 15) is 0 Å². The third kappa shape index (κ3) is 5.43. The lowest BCUT2D eigenvalue weighted by molar-refractivity contribution is -0.671. The van der Waals surface area contributed by atoms with Gasteiger partial charge in [0.2, 0.25) is 6.33 Å². The molecule has 0 radical (unpaired) electrons. The molecule has 2 heterocycles. The number of aryl methyl sites for hydroxylation is 2. The van der Waals surface area contributed by atoms with Crippen molar-refractivity contribution in [1.29, 1.82) is 0 Å². The molecule has 128 valence electrons. The second-order valence-electron chi connectivity index (χ2n) is 6.55. The maximum Gasteiger partial charge on any atom is 0.243 e. The van der Waals surface area contributed by atoms with Crippen LogP contribution in [0.15, 0.2) is 41.8 Å². The molecule has 0 bridgehead atoms. The second kappa shape index (κ2) is 8.20. The normalized spacial score (nSPS) is 20.1. The Labute approximate surface area is 140 Å². The van der Waals surface area contributed by atoms with Crippen LogP contribution in [-0.2, 0) is 18.3 Å². The molecule has 1 aliphatic heterocycles. The highest BCUT2D eigenvalue weighted by Crippen LogP contribution is 2.19. The summed E-state index contributed by atoms with van der Waals surface area (Å²) in [5, 5.41) is 0. The Hall–Kier alpha value is -1.75. The van der Waals surface area contributed by atoms with Crippen LogP contribution in [0.5, 0.6) is 0 Å².